The summed E-state index contributed by atoms with van der Waals surface area (Å²) in [6, 6.07) is 12.1. The van der Waals surface area contributed by atoms with Crippen molar-refractivity contribution in [2.75, 3.05) is 13.2 Å². The van der Waals surface area contributed by atoms with Gasteiger partial charge in [0.15, 0.2) is 29.1 Å². The van der Waals surface area contributed by atoms with Crippen molar-refractivity contribution in [2.24, 2.45) is 17.8 Å². The van der Waals surface area contributed by atoms with E-state index in [0.717, 1.165) is 37.0 Å². The third-order valence-electron chi connectivity index (χ3n) is 9.37. The molecule has 1 saturated carbocycles. The van der Waals surface area contributed by atoms with E-state index in [2.05, 4.69) is 6.92 Å². The van der Waals surface area contributed by atoms with Gasteiger partial charge >= 0.3 is 0 Å². The van der Waals surface area contributed by atoms with E-state index < -0.39 is 40.9 Å². The highest BCUT2D eigenvalue weighted by Crippen LogP contribution is 2.45. The zero-order valence-corrected chi connectivity index (χ0v) is 24.5. The van der Waals surface area contributed by atoms with E-state index in [9.17, 15) is 26.3 Å². The molecule has 6 rings (SSSR count). The fourth-order valence-corrected chi connectivity index (χ4v) is 6.89. The molecule has 3 aromatic rings. The van der Waals surface area contributed by atoms with E-state index in [1.54, 1.807) is 36.4 Å². The van der Waals surface area contributed by atoms with Gasteiger partial charge in [-0.2, -0.15) is 0 Å². The summed E-state index contributed by atoms with van der Waals surface area (Å²) in [6.45, 7) is 3.03. The molecule has 0 N–H and O–H groups in total. The molecule has 3 aliphatic rings. The lowest BCUT2D eigenvalue weighted by Crippen LogP contribution is -2.30. The van der Waals surface area contributed by atoms with Crippen molar-refractivity contribution in [3.63, 3.8) is 0 Å². The minimum atomic E-state index is -1.55. The Hall–Kier alpha value is -3.68. The number of hydrogen-bond donors (Lipinski definition) is 0. The maximum absolute atomic E-state index is 14.2. The maximum Gasteiger partial charge on any atom is 0.194 e. The maximum atomic E-state index is 14.2. The molecule has 1 aliphatic heterocycles. The summed E-state index contributed by atoms with van der Waals surface area (Å²) in [5, 5.41) is 0. The quantitative estimate of drug-likeness (QED) is 0.211. The van der Waals surface area contributed by atoms with E-state index in [1.807, 2.05) is 0 Å². The molecule has 2 nitrogen and oxygen atoms in total. The summed E-state index contributed by atoms with van der Waals surface area (Å²) in [7, 11) is 0. The molecule has 0 aromatic heterocycles. The van der Waals surface area contributed by atoms with Crippen LogP contribution in [0.15, 0.2) is 72.1 Å². The van der Waals surface area contributed by atoms with Crippen molar-refractivity contribution < 1.29 is 35.8 Å². The molecule has 0 amide bonds. The SMILES string of the molecule is CCCC1CCC(C2COc3ccc(-c4cc(F)c(F)c(F)c4)cc3-c3cc(C4C=C(F)C(F)=C(F)C4)ccc3OC2)CC1. The summed E-state index contributed by atoms with van der Waals surface area (Å²) in [5.41, 5.74) is 2.17. The van der Waals surface area contributed by atoms with E-state index >= 15 is 0 Å². The Bertz CT molecular complexity index is 1580. The highest BCUT2D eigenvalue weighted by atomic mass is 19.2. The Morgan fingerprint density at radius 1 is 0.705 bits per heavy atom. The third kappa shape index (κ3) is 6.13. The minimum Gasteiger partial charge on any atom is -0.493 e. The minimum absolute atomic E-state index is 0.119. The van der Waals surface area contributed by atoms with Crippen LogP contribution in [0.2, 0.25) is 0 Å². The Morgan fingerprint density at radius 3 is 1.98 bits per heavy atom. The van der Waals surface area contributed by atoms with E-state index in [1.165, 1.54) is 25.7 Å². The predicted octanol–water partition coefficient (Wildman–Crippen LogP) is 10.9. The van der Waals surface area contributed by atoms with E-state index in [-0.39, 0.29) is 17.9 Å². The largest absolute Gasteiger partial charge is 0.493 e. The zero-order chi connectivity index (χ0) is 31.0. The Balaban J connectivity index is 1.40. The van der Waals surface area contributed by atoms with Crippen LogP contribution >= 0.6 is 0 Å². The van der Waals surface area contributed by atoms with Gasteiger partial charge in [0.2, 0.25) is 0 Å². The highest BCUT2D eigenvalue weighted by molar-refractivity contribution is 5.81. The lowest BCUT2D eigenvalue weighted by molar-refractivity contribution is 0.0982. The number of rotatable bonds is 5. The van der Waals surface area contributed by atoms with Crippen molar-refractivity contribution >= 4 is 0 Å². The molecular formula is C36H34F6O2. The van der Waals surface area contributed by atoms with E-state index in [4.69, 9.17) is 9.47 Å². The van der Waals surface area contributed by atoms with Crippen LogP contribution < -0.4 is 9.47 Å². The number of benzene rings is 3. The molecule has 1 fully saturated rings. The Labute approximate surface area is 253 Å². The second kappa shape index (κ2) is 12.7. The number of allylic oxidation sites excluding steroid dienone is 4. The topological polar surface area (TPSA) is 18.5 Å². The van der Waals surface area contributed by atoms with Gasteiger partial charge in [-0.25, -0.2) is 26.3 Å². The molecule has 0 saturated heterocycles. The van der Waals surface area contributed by atoms with Crippen molar-refractivity contribution in [3.8, 4) is 33.8 Å². The zero-order valence-electron chi connectivity index (χ0n) is 24.5. The average Bonchev–Trinajstić information content (AvgIpc) is 3.10. The molecular weight excluding hydrogens is 578 g/mol. The lowest BCUT2D eigenvalue weighted by atomic mass is 9.75. The van der Waals surface area contributed by atoms with Crippen LogP contribution in [0.5, 0.6) is 11.5 Å². The third-order valence-corrected chi connectivity index (χ3v) is 9.37. The first-order valence-corrected chi connectivity index (χ1v) is 15.3. The van der Waals surface area contributed by atoms with Crippen LogP contribution in [-0.4, -0.2) is 13.2 Å². The molecule has 44 heavy (non-hydrogen) atoms. The van der Waals surface area contributed by atoms with Crippen LogP contribution in [0.25, 0.3) is 22.3 Å². The van der Waals surface area contributed by atoms with Crippen molar-refractivity contribution in [1.82, 2.24) is 0 Å². The van der Waals surface area contributed by atoms with Crippen molar-refractivity contribution in [1.29, 1.82) is 0 Å². The molecule has 2 aliphatic carbocycles. The highest BCUT2D eigenvalue weighted by Gasteiger charge is 2.31. The smallest absolute Gasteiger partial charge is 0.194 e. The molecule has 8 heteroatoms. The monoisotopic (exact) mass is 612 g/mol. The molecule has 0 bridgehead atoms. The molecule has 0 spiro atoms. The van der Waals surface area contributed by atoms with Crippen LogP contribution in [0.3, 0.4) is 0 Å². The van der Waals surface area contributed by atoms with Crippen LogP contribution in [-0.2, 0) is 0 Å². The number of fused-ring (bicyclic) bond motifs is 3. The fraction of sp³-hybridized carbons (Fsp3) is 0.389. The Morgan fingerprint density at radius 2 is 1.34 bits per heavy atom. The molecule has 1 heterocycles. The summed E-state index contributed by atoms with van der Waals surface area (Å²) < 4.78 is 97.1. The van der Waals surface area contributed by atoms with E-state index in [0.29, 0.717) is 52.9 Å². The standard InChI is InChI=1S/C36H34F6O2/c1-2-3-20-4-6-21(7-5-20)26-18-43-33-10-8-22(24-14-29(37)35(41)30(38)15-24)12-27(33)28-13-23(9-11-34(28)44-19-26)25-16-31(39)36(42)32(40)17-25/h8-16,20-21,25-26H,2-7,17-19H2,1H3. The van der Waals surface area contributed by atoms with Crippen LogP contribution in [0, 0.1) is 35.2 Å². The molecule has 3 aromatic carbocycles. The molecule has 232 valence electrons. The first-order valence-electron chi connectivity index (χ1n) is 15.3. The molecule has 2 unspecified atom stereocenters. The number of ether oxygens (including phenoxy) is 2. The van der Waals surface area contributed by atoms with Crippen molar-refractivity contribution in [2.45, 2.75) is 57.8 Å². The summed E-state index contributed by atoms with van der Waals surface area (Å²) in [5.74, 6) is -6.50. The van der Waals surface area contributed by atoms with Gasteiger partial charge in [-0.05, 0) is 83.8 Å². The van der Waals surface area contributed by atoms with Gasteiger partial charge in [0.25, 0.3) is 0 Å². The Kier molecular flexibility index (Phi) is 8.79. The van der Waals surface area contributed by atoms with Crippen molar-refractivity contribution in [3.05, 3.63) is 95.1 Å². The van der Waals surface area contributed by atoms with Crippen LogP contribution in [0.4, 0.5) is 26.3 Å². The molecule has 2 atom stereocenters. The first kappa shape index (κ1) is 30.4. The predicted molar refractivity (Wildman–Crippen MR) is 158 cm³/mol. The molecule has 0 radical (unpaired) electrons. The average molecular weight is 613 g/mol. The second-order valence-corrected chi connectivity index (χ2v) is 12.2. The number of halogens is 6. The van der Waals surface area contributed by atoms with Crippen LogP contribution in [0.1, 0.15) is 63.4 Å². The van der Waals surface area contributed by atoms with Gasteiger partial charge in [-0.1, -0.05) is 44.7 Å². The second-order valence-electron chi connectivity index (χ2n) is 12.2. The fourth-order valence-electron chi connectivity index (χ4n) is 6.89. The lowest BCUT2D eigenvalue weighted by Gasteiger charge is -2.33. The summed E-state index contributed by atoms with van der Waals surface area (Å²) in [6.07, 6.45) is 7.68. The number of hydrogen-bond acceptors (Lipinski definition) is 2. The summed E-state index contributed by atoms with van der Waals surface area (Å²) in [4.78, 5) is 0. The van der Waals surface area contributed by atoms with Gasteiger partial charge in [0.05, 0.1) is 13.2 Å². The van der Waals surface area contributed by atoms with Gasteiger partial charge < -0.3 is 9.47 Å². The van der Waals surface area contributed by atoms with Gasteiger partial charge in [0.1, 0.15) is 17.3 Å². The van der Waals surface area contributed by atoms with Gasteiger partial charge in [-0.15, -0.1) is 0 Å². The van der Waals surface area contributed by atoms with Gasteiger partial charge in [0, 0.05) is 29.4 Å². The first-order chi connectivity index (χ1) is 21.2. The summed E-state index contributed by atoms with van der Waals surface area (Å²) >= 11 is 0. The van der Waals surface area contributed by atoms with Gasteiger partial charge in [-0.3, -0.25) is 0 Å². The normalized spacial score (nSPS) is 23.8.